The quantitative estimate of drug-likeness (QED) is 0.780. The molecule has 2 N–H and O–H groups in total. The molecule has 2 aromatic rings. The minimum atomic E-state index is -0.421. The first-order valence-electron chi connectivity index (χ1n) is 9.32. The molecule has 1 heterocycles. The number of nitrogens with one attached hydrogen (secondary N) is 2. The Kier molecular flexibility index (Phi) is 6.54. The van der Waals surface area contributed by atoms with Crippen LogP contribution in [0.4, 0.5) is 14.9 Å². The van der Waals surface area contributed by atoms with Gasteiger partial charge in [0.05, 0.1) is 14.2 Å². The van der Waals surface area contributed by atoms with Crippen molar-refractivity contribution in [1.29, 1.82) is 0 Å². The predicted octanol–water partition coefficient (Wildman–Crippen LogP) is 2.94. The van der Waals surface area contributed by atoms with Gasteiger partial charge in [0, 0.05) is 31.7 Å². The molecule has 0 unspecified atom stereocenters. The zero-order chi connectivity index (χ0) is 20.8. The van der Waals surface area contributed by atoms with E-state index in [0.717, 1.165) is 11.1 Å². The Hall–Kier alpha value is -3.29. The van der Waals surface area contributed by atoms with Crippen molar-refractivity contribution >= 4 is 17.6 Å². The number of hydrogen-bond acceptors (Lipinski definition) is 4. The first-order chi connectivity index (χ1) is 14.0. The smallest absolute Gasteiger partial charge is 0.317 e. The van der Waals surface area contributed by atoms with Gasteiger partial charge in [0.2, 0.25) is 5.91 Å². The lowest BCUT2D eigenvalue weighted by Crippen LogP contribution is -2.43. The van der Waals surface area contributed by atoms with Gasteiger partial charge in [0.15, 0.2) is 11.5 Å². The molecule has 0 bridgehead atoms. The van der Waals surface area contributed by atoms with Gasteiger partial charge in [0.25, 0.3) is 0 Å². The lowest BCUT2D eigenvalue weighted by Gasteiger charge is -2.29. The molecule has 29 heavy (non-hydrogen) atoms. The molecular weight excluding hydrogens is 377 g/mol. The normalized spacial score (nSPS) is 12.7. The zero-order valence-electron chi connectivity index (χ0n) is 16.5. The summed E-state index contributed by atoms with van der Waals surface area (Å²) >= 11 is 0. The molecule has 3 amide bonds. The van der Waals surface area contributed by atoms with E-state index in [1.54, 1.807) is 25.2 Å². The molecular formula is C21H24FN3O4. The molecule has 1 aliphatic rings. The maximum Gasteiger partial charge on any atom is 0.317 e. The molecule has 0 spiro atoms. The van der Waals surface area contributed by atoms with Crippen molar-refractivity contribution in [3.8, 4) is 11.5 Å². The Morgan fingerprint density at radius 1 is 1.10 bits per heavy atom. The average Bonchev–Trinajstić information content (AvgIpc) is 2.72. The molecule has 0 atom stereocenters. The van der Waals surface area contributed by atoms with E-state index in [1.165, 1.54) is 18.2 Å². The van der Waals surface area contributed by atoms with Crippen molar-refractivity contribution in [3.05, 3.63) is 53.3 Å². The van der Waals surface area contributed by atoms with Gasteiger partial charge in [0.1, 0.15) is 5.82 Å². The number of amides is 3. The minimum Gasteiger partial charge on any atom is -0.493 e. The Morgan fingerprint density at radius 2 is 1.83 bits per heavy atom. The minimum absolute atomic E-state index is 0.0949. The number of methoxy groups -OCH3 is 2. The highest BCUT2D eigenvalue weighted by molar-refractivity contribution is 5.91. The number of rotatable bonds is 6. The van der Waals surface area contributed by atoms with Crippen molar-refractivity contribution < 1.29 is 23.5 Å². The summed E-state index contributed by atoms with van der Waals surface area (Å²) in [6.07, 6.45) is 0.806. The van der Waals surface area contributed by atoms with Crippen LogP contribution >= 0.6 is 0 Å². The highest BCUT2D eigenvalue weighted by atomic mass is 19.1. The van der Waals surface area contributed by atoms with Crippen LogP contribution in [0.15, 0.2) is 36.4 Å². The van der Waals surface area contributed by atoms with Gasteiger partial charge in [-0.05, 0) is 47.9 Å². The molecule has 0 fully saturated rings. The lowest BCUT2D eigenvalue weighted by atomic mass is 9.99. The average molecular weight is 401 g/mol. The van der Waals surface area contributed by atoms with E-state index in [-0.39, 0.29) is 24.9 Å². The Morgan fingerprint density at radius 3 is 2.52 bits per heavy atom. The maximum atomic E-state index is 13.1. The van der Waals surface area contributed by atoms with Gasteiger partial charge >= 0.3 is 6.03 Å². The van der Waals surface area contributed by atoms with Gasteiger partial charge < -0.3 is 25.0 Å². The first kappa shape index (κ1) is 20.4. The Bertz CT molecular complexity index is 903. The summed E-state index contributed by atoms with van der Waals surface area (Å²) in [6, 6.07) is 9.27. The predicted molar refractivity (Wildman–Crippen MR) is 107 cm³/mol. The number of anilines is 1. The molecule has 0 aromatic heterocycles. The van der Waals surface area contributed by atoms with Crippen molar-refractivity contribution in [2.75, 3.05) is 32.6 Å². The third kappa shape index (κ3) is 5.16. The third-order valence-corrected chi connectivity index (χ3v) is 4.74. The van der Waals surface area contributed by atoms with Gasteiger partial charge in [-0.15, -0.1) is 0 Å². The number of carbonyl (C=O) groups is 2. The van der Waals surface area contributed by atoms with Crippen LogP contribution in [0.5, 0.6) is 11.5 Å². The summed E-state index contributed by atoms with van der Waals surface area (Å²) in [5.74, 6) is 0.587. The van der Waals surface area contributed by atoms with E-state index >= 15 is 0 Å². The van der Waals surface area contributed by atoms with Crippen molar-refractivity contribution in [3.63, 3.8) is 0 Å². The van der Waals surface area contributed by atoms with Crippen molar-refractivity contribution in [2.45, 2.75) is 19.4 Å². The second kappa shape index (κ2) is 9.27. The molecule has 0 radical (unpaired) electrons. The number of hydrogen-bond donors (Lipinski definition) is 2. The summed E-state index contributed by atoms with van der Waals surface area (Å²) in [5.41, 5.74) is 2.52. The molecule has 0 aliphatic carbocycles. The van der Waals surface area contributed by atoms with E-state index in [0.29, 0.717) is 36.7 Å². The van der Waals surface area contributed by atoms with Gasteiger partial charge in [-0.1, -0.05) is 6.07 Å². The summed E-state index contributed by atoms with van der Waals surface area (Å²) in [6.45, 7) is 1.22. The van der Waals surface area contributed by atoms with Crippen LogP contribution in [0.25, 0.3) is 0 Å². The largest absolute Gasteiger partial charge is 0.493 e. The molecule has 1 aliphatic heterocycles. The van der Waals surface area contributed by atoms with Crippen LogP contribution in [-0.4, -0.2) is 44.1 Å². The molecule has 2 aromatic carbocycles. The number of carbonyl (C=O) groups excluding carboxylic acids is 2. The molecule has 7 nitrogen and oxygen atoms in total. The van der Waals surface area contributed by atoms with Crippen molar-refractivity contribution in [2.24, 2.45) is 0 Å². The second-order valence-electron chi connectivity index (χ2n) is 6.69. The fourth-order valence-electron chi connectivity index (χ4n) is 3.24. The monoisotopic (exact) mass is 401 g/mol. The maximum absolute atomic E-state index is 13.1. The van der Waals surface area contributed by atoms with Gasteiger partial charge in [-0.3, -0.25) is 4.79 Å². The van der Waals surface area contributed by atoms with E-state index in [4.69, 9.17) is 9.47 Å². The first-order valence-corrected chi connectivity index (χ1v) is 9.32. The summed E-state index contributed by atoms with van der Waals surface area (Å²) < 4.78 is 23.8. The Labute approximate surface area is 168 Å². The summed E-state index contributed by atoms with van der Waals surface area (Å²) in [4.78, 5) is 26.1. The zero-order valence-corrected chi connectivity index (χ0v) is 16.5. The Balaban J connectivity index is 1.50. The topological polar surface area (TPSA) is 79.9 Å². The van der Waals surface area contributed by atoms with Gasteiger partial charge in [-0.2, -0.15) is 0 Å². The number of halogens is 1. The van der Waals surface area contributed by atoms with Crippen LogP contribution in [0.2, 0.25) is 0 Å². The van der Waals surface area contributed by atoms with Crippen LogP contribution in [-0.2, 0) is 17.8 Å². The van der Waals surface area contributed by atoms with Gasteiger partial charge in [-0.25, -0.2) is 9.18 Å². The van der Waals surface area contributed by atoms with Crippen LogP contribution < -0.4 is 20.1 Å². The van der Waals surface area contributed by atoms with Crippen LogP contribution in [0.1, 0.15) is 17.5 Å². The number of urea groups is 1. The van der Waals surface area contributed by atoms with Crippen molar-refractivity contribution in [1.82, 2.24) is 10.2 Å². The fourth-order valence-corrected chi connectivity index (χ4v) is 3.24. The summed E-state index contributed by atoms with van der Waals surface area (Å²) in [7, 11) is 3.17. The standard InChI is InChI=1S/C21H24FN3O4/c1-28-18-10-14-7-9-25(13-15(14)11-19(18)29-2)21(27)23-8-6-20(26)24-17-5-3-4-16(22)12-17/h3-5,10-12H,6-9,13H2,1-2H3,(H,23,27)(H,24,26). The SMILES string of the molecule is COc1cc2c(cc1OC)CN(C(=O)NCCC(=O)Nc1cccc(F)c1)CC2. The third-order valence-electron chi connectivity index (χ3n) is 4.74. The second-order valence-corrected chi connectivity index (χ2v) is 6.69. The fraction of sp³-hybridized carbons (Fsp3) is 0.333. The highest BCUT2D eigenvalue weighted by Crippen LogP contribution is 2.33. The van der Waals surface area contributed by atoms with Crippen LogP contribution in [0.3, 0.4) is 0 Å². The number of ether oxygens (including phenoxy) is 2. The lowest BCUT2D eigenvalue weighted by molar-refractivity contribution is -0.116. The molecule has 8 heteroatoms. The molecule has 0 saturated heterocycles. The highest BCUT2D eigenvalue weighted by Gasteiger charge is 2.22. The summed E-state index contributed by atoms with van der Waals surface area (Å²) in [5, 5.41) is 5.36. The van der Waals surface area contributed by atoms with Crippen LogP contribution in [0, 0.1) is 5.82 Å². The van der Waals surface area contributed by atoms with E-state index in [1.807, 2.05) is 12.1 Å². The van der Waals surface area contributed by atoms with E-state index in [9.17, 15) is 14.0 Å². The number of nitrogens with zero attached hydrogens (tertiary/aromatic N) is 1. The van der Waals surface area contributed by atoms with E-state index < -0.39 is 5.82 Å². The molecule has 0 saturated carbocycles. The molecule has 3 rings (SSSR count). The number of fused-ring (bicyclic) bond motifs is 1. The number of benzene rings is 2. The molecule has 154 valence electrons. The van der Waals surface area contributed by atoms with E-state index in [2.05, 4.69) is 10.6 Å².